The van der Waals surface area contributed by atoms with E-state index in [-0.39, 0.29) is 17.9 Å². The van der Waals surface area contributed by atoms with E-state index in [0.29, 0.717) is 0 Å². The van der Waals surface area contributed by atoms with Gasteiger partial charge in [-0.3, -0.25) is 4.98 Å². The fourth-order valence-corrected chi connectivity index (χ4v) is 1.98. The molecule has 0 saturated heterocycles. The van der Waals surface area contributed by atoms with Gasteiger partial charge in [-0.2, -0.15) is 0 Å². The van der Waals surface area contributed by atoms with Gasteiger partial charge in [0.2, 0.25) is 0 Å². The van der Waals surface area contributed by atoms with Crippen LogP contribution in [0, 0.1) is 5.82 Å². The molecule has 0 radical (unpaired) electrons. The minimum absolute atomic E-state index is 0.0934. The zero-order valence-electron chi connectivity index (χ0n) is 10.6. The lowest BCUT2D eigenvalue weighted by Gasteiger charge is -2.20. The maximum absolute atomic E-state index is 13.2. The molecule has 0 bridgehead atoms. The summed E-state index contributed by atoms with van der Waals surface area (Å²) in [5.74, 6) is -0.199. The molecular weight excluding hydrogens is 227 g/mol. The summed E-state index contributed by atoms with van der Waals surface area (Å²) in [5, 5.41) is 3.43. The minimum atomic E-state index is -0.199. The predicted octanol–water partition coefficient (Wildman–Crippen LogP) is 3.63. The summed E-state index contributed by atoms with van der Waals surface area (Å²) in [6.45, 7) is 4.11. The van der Waals surface area contributed by atoms with E-state index in [4.69, 9.17) is 0 Å². The Balaban J connectivity index is 2.05. The number of benzene rings is 1. The van der Waals surface area contributed by atoms with Crippen LogP contribution in [-0.4, -0.2) is 4.98 Å². The Kier molecular flexibility index (Phi) is 4.05. The van der Waals surface area contributed by atoms with E-state index < -0.39 is 0 Å². The Bertz CT molecular complexity index is 499. The minimum Gasteiger partial charge on any atom is -0.304 e. The lowest BCUT2D eigenvalue weighted by molar-refractivity contribution is 0.491. The van der Waals surface area contributed by atoms with Crippen LogP contribution in [0.2, 0.25) is 0 Å². The van der Waals surface area contributed by atoms with E-state index in [1.54, 1.807) is 18.3 Å². The molecule has 1 aromatic carbocycles. The highest BCUT2D eigenvalue weighted by molar-refractivity contribution is 5.21. The summed E-state index contributed by atoms with van der Waals surface area (Å²) >= 11 is 0. The van der Waals surface area contributed by atoms with Crippen molar-refractivity contribution in [2.24, 2.45) is 0 Å². The molecule has 2 atom stereocenters. The average Bonchev–Trinajstić information content (AvgIpc) is 2.39. The van der Waals surface area contributed by atoms with E-state index in [1.165, 1.54) is 6.07 Å². The van der Waals surface area contributed by atoms with E-state index in [2.05, 4.69) is 17.2 Å². The molecule has 0 aliphatic heterocycles. The van der Waals surface area contributed by atoms with Gasteiger partial charge in [0.15, 0.2) is 0 Å². The van der Waals surface area contributed by atoms with Gasteiger partial charge < -0.3 is 5.32 Å². The summed E-state index contributed by atoms with van der Waals surface area (Å²) in [6, 6.07) is 10.9. The first kappa shape index (κ1) is 12.7. The Morgan fingerprint density at radius 3 is 2.44 bits per heavy atom. The molecule has 1 heterocycles. The third-order valence-electron chi connectivity index (χ3n) is 3.03. The Morgan fingerprint density at radius 1 is 1.06 bits per heavy atom. The molecule has 3 heteroatoms. The van der Waals surface area contributed by atoms with Gasteiger partial charge in [0.05, 0.1) is 0 Å². The maximum atomic E-state index is 13.2. The number of halogens is 1. The second kappa shape index (κ2) is 5.74. The molecule has 2 aromatic rings. The van der Waals surface area contributed by atoms with Crippen molar-refractivity contribution in [2.75, 3.05) is 0 Å². The fourth-order valence-electron chi connectivity index (χ4n) is 1.98. The number of hydrogen-bond donors (Lipinski definition) is 1. The van der Waals surface area contributed by atoms with Gasteiger partial charge in [-0.15, -0.1) is 0 Å². The standard InChI is InChI=1S/C15H17FN2/c1-11(13-5-3-7-15(16)9-13)18-12(2)14-6-4-8-17-10-14/h3-12,18H,1-2H3/t11?,12-/m1/s1. The molecule has 0 saturated carbocycles. The SMILES string of the molecule is CC(N[C@H](C)c1cccnc1)c1cccc(F)c1. The van der Waals surface area contributed by atoms with Crippen LogP contribution < -0.4 is 5.32 Å². The summed E-state index contributed by atoms with van der Waals surface area (Å²) in [5.41, 5.74) is 2.08. The van der Waals surface area contributed by atoms with Crippen LogP contribution in [0.15, 0.2) is 48.8 Å². The number of hydrogen-bond acceptors (Lipinski definition) is 2. The molecule has 94 valence electrons. The van der Waals surface area contributed by atoms with Crippen molar-refractivity contribution in [3.63, 3.8) is 0 Å². The Labute approximate surface area is 107 Å². The lowest BCUT2D eigenvalue weighted by atomic mass is 10.1. The molecular formula is C15H17FN2. The van der Waals surface area contributed by atoms with Gasteiger partial charge in [0.25, 0.3) is 0 Å². The smallest absolute Gasteiger partial charge is 0.123 e. The number of aromatic nitrogens is 1. The molecule has 2 nitrogen and oxygen atoms in total. The first-order valence-corrected chi connectivity index (χ1v) is 6.08. The van der Waals surface area contributed by atoms with E-state index in [1.807, 2.05) is 31.3 Å². The number of nitrogens with zero attached hydrogens (tertiary/aromatic N) is 1. The van der Waals surface area contributed by atoms with Gasteiger partial charge in [-0.25, -0.2) is 4.39 Å². The third kappa shape index (κ3) is 3.14. The third-order valence-corrected chi connectivity index (χ3v) is 3.03. The molecule has 18 heavy (non-hydrogen) atoms. The molecule has 1 aromatic heterocycles. The lowest BCUT2D eigenvalue weighted by Crippen LogP contribution is -2.22. The van der Waals surface area contributed by atoms with Crippen molar-refractivity contribution in [1.29, 1.82) is 0 Å². The summed E-state index contributed by atoms with van der Waals surface area (Å²) in [4.78, 5) is 4.10. The maximum Gasteiger partial charge on any atom is 0.123 e. The monoisotopic (exact) mass is 244 g/mol. The van der Waals surface area contributed by atoms with Crippen molar-refractivity contribution in [1.82, 2.24) is 10.3 Å². The van der Waals surface area contributed by atoms with Crippen molar-refractivity contribution < 1.29 is 4.39 Å². The summed E-state index contributed by atoms with van der Waals surface area (Å²) in [7, 11) is 0. The van der Waals surface area contributed by atoms with Crippen molar-refractivity contribution in [2.45, 2.75) is 25.9 Å². The van der Waals surface area contributed by atoms with Gasteiger partial charge >= 0.3 is 0 Å². The fraction of sp³-hybridized carbons (Fsp3) is 0.267. The van der Waals surface area contributed by atoms with Crippen molar-refractivity contribution in [3.05, 3.63) is 65.7 Å². The van der Waals surface area contributed by atoms with Crippen molar-refractivity contribution >= 4 is 0 Å². The summed E-state index contributed by atoms with van der Waals surface area (Å²) in [6.07, 6.45) is 3.60. The van der Waals surface area contributed by atoms with Crippen molar-refractivity contribution in [3.8, 4) is 0 Å². The molecule has 1 unspecified atom stereocenters. The normalized spacial score (nSPS) is 14.2. The molecule has 2 rings (SSSR count). The van der Waals surface area contributed by atoms with Gasteiger partial charge in [-0.1, -0.05) is 18.2 Å². The second-order valence-corrected chi connectivity index (χ2v) is 4.45. The zero-order chi connectivity index (χ0) is 13.0. The number of pyridine rings is 1. The van der Waals surface area contributed by atoms with Gasteiger partial charge in [-0.05, 0) is 43.2 Å². The van der Waals surface area contributed by atoms with Gasteiger partial charge in [0.1, 0.15) is 5.82 Å². The van der Waals surface area contributed by atoms with Crippen LogP contribution in [-0.2, 0) is 0 Å². The topological polar surface area (TPSA) is 24.9 Å². The summed E-state index contributed by atoms with van der Waals surface area (Å²) < 4.78 is 13.2. The molecule has 0 aliphatic carbocycles. The molecule has 0 fully saturated rings. The Hall–Kier alpha value is -1.74. The highest BCUT2D eigenvalue weighted by Gasteiger charge is 2.11. The van der Waals surface area contributed by atoms with Crippen LogP contribution in [0.5, 0.6) is 0 Å². The van der Waals surface area contributed by atoms with Crippen LogP contribution in [0.1, 0.15) is 37.1 Å². The van der Waals surface area contributed by atoms with E-state index in [9.17, 15) is 4.39 Å². The molecule has 1 N–H and O–H groups in total. The molecule has 0 amide bonds. The molecule has 0 aliphatic rings. The highest BCUT2D eigenvalue weighted by atomic mass is 19.1. The quantitative estimate of drug-likeness (QED) is 0.888. The van der Waals surface area contributed by atoms with Gasteiger partial charge in [0, 0.05) is 24.5 Å². The second-order valence-electron chi connectivity index (χ2n) is 4.45. The van der Waals surface area contributed by atoms with E-state index in [0.717, 1.165) is 11.1 Å². The first-order chi connectivity index (χ1) is 8.66. The van der Waals surface area contributed by atoms with Crippen LogP contribution >= 0.6 is 0 Å². The number of rotatable bonds is 4. The zero-order valence-corrected chi connectivity index (χ0v) is 10.6. The van der Waals surface area contributed by atoms with Crippen LogP contribution in [0.4, 0.5) is 4.39 Å². The number of nitrogens with one attached hydrogen (secondary N) is 1. The van der Waals surface area contributed by atoms with Crippen LogP contribution in [0.3, 0.4) is 0 Å². The average molecular weight is 244 g/mol. The predicted molar refractivity (Wildman–Crippen MR) is 70.6 cm³/mol. The largest absolute Gasteiger partial charge is 0.304 e. The highest BCUT2D eigenvalue weighted by Crippen LogP contribution is 2.19. The Morgan fingerprint density at radius 2 is 1.78 bits per heavy atom. The molecule has 0 spiro atoms. The van der Waals surface area contributed by atoms with Crippen LogP contribution in [0.25, 0.3) is 0 Å². The van der Waals surface area contributed by atoms with E-state index >= 15 is 0 Å². The first-order valence-electron chi connectivity index (χ1n) is 6.08.